The van der Waals surface area contributed by atoms with Crippen LogP contribution in [0.15, 0.2) is 66.7 Å². The number of anilines is 2. The number of imidazole rings is 1. The molecule has 0 fully saturated rings. The molecule has 2 N–H and O–H groups in total. The number of rotatable bonds is 3. The van der Waals surface area contributed by atoms with Crippen LogP contribution in [0.25, 0.3) is 22.4 Å². The summed E-state index contributed by atoms with van der Waals surface area (Å²) in [6, 6.07) is 20.0. The summed E-state index contributed by atoms with van der Waals surface area (Å²) in [4.78, 5) is 29.8. The van der Waals surface area contributed by atoms with Crippen LogP contribution in [0.1, 0.15) is 10.4 Å². The number of benzene rings is 3. The van der Waals surface area contributed by atoms with Crippen molar-refractivity contribution in [3.8, 4) is 17.1 Å². The van der Waals surface area contributed by atoms with Gasteiger partial charge in [0.2, 0.25) is 5.91 Å². The van der Waals surface area contributed by atoms with E-state index in [9.17, 15) is 9.59 Å². The average Bonchev–Trinajstić information content (AvgIpc) is 3.05. The Morgan fingerprint density at radius 2 is 1.90 bits per heavy atom. The molecule has 0 radical (unpaired) electrons. The van der Waals surface area contributed by atoms with Crippen molar-refractivity contribution in [3.63, 3.8) is 0 Å². The van der Waals surface area contributed by atoms with E-state index in [0.29, 0.717) is 22.7 Å². The van der Waals surface area contributed by atoms with Crippen molar-refractivity contribution in [1.82, 2.24) is 9.55 Å². The minimum absolute atomic E-state index is 0.142. The van der Waals surface area contributed by atoms with E-state index >= 15 is 0 Å². The summed E-state index contributed by atoms with van der Waals surface area (Å²) in [6.07, 6.45) is 0. The van der Waals surface area contributed by atoms with Crippen LogP contribution in [0.2, 0.25) is 0 Å². The number of nitrogens with one attached hydrogen (secondary N) is 2. The molecule has 30 heavy (non-hydrogen) atoms. The maximum absolute atomic E-state index is 12.6. The second-order valence-electron chi connectivity index (χ2n) is 7.00. The Labute approximate surface area is 172 Å². The van der Waals surface area contributed by atoms with Crippen molar-refractivity contribution >= 4 is 34.2 Å². The van der Waals surface area contributed by atoms with Crippen molar-refractivity contribution in [2.75, 3.05) is 17.7 Å². The molecule has 1 aromatic heterocycles. The first-order chi connectivity index (χ1) is 14.6. The van der Waals surface area contributed by atoms with Gasteiger partial charge in [0.1, 0.15) is 18.1 Å². The Morgan fingerprint density at radius 1 is 1.10 bits per heavy atom. The van der Waals surface area contributed by atoms with Crippen LogP contribution < -0.4 is 15.4 Å². The number of hydrogen-bond acceptors (Lipinski definition) is 4. The number of fused-ring (bicyclic) bond motifs is 5. The number of nitrogens with zero attached hydrogens (tertiary/aromatic N) is 2. The van der Waals surface area contributed by atoms with Crippen molar-refractivity contribution in [2.45, 2.75) is 6.54 Å². The molecule has 0 aliphatic carbocycles. The molecular weight excluding hydrogens is 380 g/mol. The topological polar surface area (TPSA) is 85.3 Å². The Morgan fingerprint density at radius 3 is 2.70 bits per heavy atom. The van der Waals surface area contributed by atoms with Crippen LogP contribution in [0.4, 0.5) is 11.4 Å². The first-order valence-corrected chi connectivity index (χ1v) is 9.47. The quantitative estimate of drug-likeness (QED) is 0.548. The molecule has 0 spiro atoms. The van der Waals surface area contributed by atoms with Gasteiger partial charge in [-0.15, -0.1) is 0 Å². The zero-order valence-electron chi connectivity index (χ0n) is 16.2. The molecule has 0 unspecified atom stereocenters. The smallest absolute Gasteiger partial charge is 0.255 e. The van der Waals surface area contributed by atoms with Gasteiger partial charge in [-0.25, -0.2) is 4.98 Å². The van der Waals surface area contributed by atoms with Gasteiger partial charge >= 0.3 is 0 Å². The van der Waals surface area contributed by atoms with Crippen LogP contribution in [0.3, 0.4) is 0 Å². The summed E-state index contributed by atoms with van der Waals surface area (Å²) < 4.78 is 7.03. The van der Waals surface area contributed by atoms with Gasteiger partial charge in [0.15, 0.2) is 0 Å². The first-order valence-electron chi connectivity index (χ1n) is 9.47. The Kier molecular flexibility index (Phi) is 4.21. The molecule has 7 nitrogen and oxygen atoms in total. The Hall–Kier alpha value is -4.13. The van der Waals surface area contributed by atoms with Crippen molar-refractivity contribution in [2.24, 2.45) is 0 Å². The molecule has 148 valence electrons. The zero-order valence-corrected chi connectivity index (χ0v) is 16.2. The van der Waals surface area contributed by atoms with Crippen molar-refractivity contribution < 1.29 is 14.3 Å². The van der Waals surface area contributed by atoms with Crippen molar-refractivity contribution in [1.29, 1.82) is 0 Å². The maximum Gasteiger partial charge on any atom is 0.255 e. The number of aromatic nitrogens is 2. The van der Waals surface area contributed by atoms with E-state index in [0.717, 1.165) is 22.4 Å². The molecule has 7 heteroatoms. The van der Waals surface area contributed by atoms with Gasteiger partial charge in [-0.3, -0.25) is 9.59 Å². The normalized spacial score (nSPS) is 12.5. The highest BCUT2D eigenvalue weighted by Crippen LogP contribution is 2.34. The monoisotopic (exact) mass is 398 g/mol. The molecule has 2 heterocycles. The standard InChI is InChI=1S/C23H18N4O3/c1-30-16-9-6-14(7-10-16)23(29)24-15-8-11-17-19(12-15)25-21(28)13-27-20-5-3-2-4-18(20)26-22(17)27/h2-12H,13H2,1H3,(H,24,29)(H,25,28). The summed E-state index contributed by atoms with van der Waals surface area (Å²) in [5.74, 6) is 1.02. The summed E-state index contributed by atoms with van der Waals surface area (Å²) in [7, 11) is 1.58. The van der Waals surface area contributed by atoms with Gasteiger partial charge < -0.3 is 19.9 Å². The minimum atomic E-state index is -0.246. The summed E-state index contributed by atoms with van der Waals surface area (Å²) >= 11 is 0. The van der Waals surface area contributed by atoms with Crippen LogP contribution in [-0.2, 0) is 11.3 Å². The number of hydrogen-bond donors (Lipinski definition) is 2. The fraction of sp³-hybridized carbons (Fsp3) is 0.0870. The Balaban J connectivity index is 1.50. The van der Waals surface area contributed by atoms with E-state index in [1.54, 1.807) is 43.5 Å². The highest BCUT2D eigenvalue weighted by molar-refractivity contribution is 6.06. The molecule has 1 aliphatic heterocycles. The molecular formula is C23H18N4O3. The molecule has 0 saturated carbocycles. The molecule has 3 aromatic carbocycles. The van der Waals surface area contributed by atoms with E-state index in [1.807, 2.05) is 34.9 Å². The van der Waals surface area contributed by atoms with Gasteiger partial charge in [-0.2, -0.15) is 0 Å². The van der Waals surface area contributed by atoms with E-state index in [4.69, 9.17) is 9.72 Å². The minimum Gasteiger partial charge on any atom is -0.497 e. The summed E-state index contributed by atoms with van der Waals surface area (Å²) in [6.45, 7) is 0.179. The third-order valence-electron chi connectivity index (χ3n) is 5.10. The molecule has 2 amide bonds. The van der Waals surface area contributed by atoms with Crippen LogP contribution >= 0.6 is 0 Å². The lowest BCUT2D eigenvalue weighted by atomic mass is 10.1. The molecule has 1 aliphatic rings. The highest BCUT2D eigenvalue weighted by Gasteiger charge is 2.22. The fourth-order valence-electron chi connectivity index (χ4n) is 3.64. The van der Waals surface area contributed by atoms with E-state index in [1.165, 1.54) is 0 Å². The second-order valence-corrected chi connectivity index (χ2v) is 7.00. The van der Waals surface area contributed by atoms with Crippen LogP contribution in [-0.4, -0.2) is 28.5 Å². The summed E-state index contributed by atoms with van der Waals surface area (Å²) in [5, 5.41) is 5.79. The molecule has 5 rings (SSSR count). The van der Waals surface area contributed by atoms with Crippen LogP contribution in [0, 0.1) is 0 Å². The second kappa shape index (κ2) is 7.04. The maximum atomic E-state index is 12.6. The third kappa shape index (κ3) is 3.06. The van der Waals surface area contributed by atoms with Gasteiger partial charge in [-0.1, -0.05) is 12.1 Å². The predicted octanol–water partition coefficient (Wildman–Crippen LogP) is 3.92. The van der Waals surface area contributed by atoms with Crippen molar-refractivity contribution in [3.05, 3.63) is 72.3 Å². The van der Waals surface area contributed by atoms with Gasteiger partial charge in [0.25, 0.3) is 5.91 Å². The van der Waals surface area contributed by atoms with E-state index < -0.39 is 0 Å². The predicted molar refractivity (Wildman–Crippen MR) is 115 cm³/mol. The number of carbonyl (C=O) groups excluding carboxylic acids is 2. The molecule has 0 saturated heterocycles. The zero-order chi connectivity index (χ0) is 20.7. The fourth-order valence-corrected chi connectivity index (χ4v) is 3.64. The molecule has 0 bridgehead atoms. The number of para-hydroxylation sites is 2. The lowest BCUT2D eigenvalue weighted by Gasteiger charge is -2.11. The summed E-state index contributed by atoms with van der Waals surface area (Å²) in [5.41, 5.74) is 4.26. The first kappa shape index (κ1) is 17.9. The van der Waals surface area contributed by atoms with Gasteiger partial charge in [0.05, 0.1) is 23.8 Å². The third-order valence-corrected chi connectivity index (χ3v) is 5.10. The molecule has 4 aromatic rings. The number of amides is 2. The van der Waals surface area contributed by atoms with Gasteiger partial charge in [0, 0.05) is 16.8 Å². The lowest BCUT2D eigenvalue weighted by molar-refractivity contribution is -0.116. The van der Waals surface area contributed by atoms with Gasteiger partial charge in [-0.05, 0) is 54.6 Å². The lowest BCUT2D eigenvalue weighted by Crippen LogP contribution is -2.16. The average molecular weight is 398 g/mol. The van der Waals surface area contributed by atoms with E-state index in [-0.39, 0.29) is 18.4 Å². The SMILES string of the molecule is COc1ccc(C(=O)Nc2ccc3c(c2)NC(=O)Cn2c-3nc3ccccc32)cc1. The number of ether oxygens (including phenoxy) is 1. The Bertz CT molecular complexity index is 1290. The molecule has 0 atom stereocenters. The van der Waals surface area contributed by atoms with Crippen LogP contribution in [0.5, 0.6) is 5.75 Å². The number of carbonyl (C=O) groups is 2. The highest BCUT2D eigenvalue weighted by atomic mass is 16.5. The van der Waals surface area contributed by atoms with E-state index in [2.05, 4.69) is 10.6 Å². The largest absolute Gasteiger partial charge is 0.497 e. The number of methoxy groups -OCH3 is 1.